The smallest absolute Gasteiger partial charge is 0.240 e. The Morgan fingerprint density at radius 2 is 2.06 bits per heavy atom. The summed E-state index contributed by atoms with van der Waals surface area (Å²) in [6.07, 6.45) is 1.54. The molecule has 0 aliphatic rings. The summed E-state index contributed by atoms with van der Waals surface area (Å²) in [5.74, 6) is 0.803. The highest BCUT2D eigenvalue weighted by Gasteiger charge is 2.19. The van der Waals surface area contributed by atoms with Crippen LogP contribution >= 0.6 is 11.3 Å². The minimum Gasteiger partial charge on any atom is -0.480 e. The fourth-order valence-electron chi connectivity index (χ4n) is 1.66. The summed E-state index contributed by atoms with van der Waals surface area (Å²) in [4.78, 5) is 8.47. The lowest BCUT2D eigenvalue weighted by Gasteiger charge is -2.14. The molecule has 0 saturated carbocycles. The summed E-state index contributed by atoms with van der Waals surface area (Å²) >= 11 is 1.62. The monoisotopic (exact) mass is 265 g/mol. The molecule has 0 aliphatic heterocycles. The predicted molar refractivity (Wildman–Crippen MR) is 70.2 cm³/mol. The van der Waals surface area contributed by atoms with Gasteiger partial charge in [-0.25, -0.2) is 4.98 Å². The third-order valence-corrected chi connectivity index (χ3v) is 3.55. The number of thiophene rings is 1. The zero-order valence-electron chi connectivity index (χ0n) is 10.5. The average Bonchev–Trinajstić information content (AvgIpc) is 2.83. The van der Waals surface area contributed by atoms with E-state index in [-0.39, 0.29) is 6.04 Å². The molecule has 0 aromatic carbocycles. The summed E-state index contributed by atoms with van der Waals surface area (Å²) in [6, 6.07) is -0.343. The van der Waals surface area contributed by atoms with Crippen LogP contribution in [0.1, 0.15) is 22.9 Å². The van der Waals surface area contributed by atoms with Crippen LogP contribution in [0.4, 0.5) is 0 Å². The molecule has 2 N–H and O–H groups in total. The van der Waals surface area contributed by atoms with Crippen LogP contribution in [-0.2, 0) is 0 Å². The van der Waals surface area contributed by atoms with Gasteiger partial charge in [0.05, 0.1) is 26.5 Å². The Hall–Kier alpha value is -1.66. The second kappa shape index (κ2) is 5.32. The fourth-order valence-corrected chi connectivity index (χ4v) is 2.55. The highest BCUT2D eigenvalue weighted by atomic mass is 32.1. The van der Waals surface area contributed by atoms with Crippen molar-refractivity contribution < 1.29 is 9.47 Å². The molecule has 5 nitrogen and oxygen atoms in total. The first-order chi connectivity index (χ1) is 8.67. The van der Waals surface area contributed by atoms with E-state index in [0.717, 1.165) is 11.1 Å². The molecular weight excluding hydrogens is 250 g/mol. The molecule has 2 aromatic rings. The summed E-state index contributed by atoms with van der Waals surface area (Å²) < 4.78 is 10.2. The van der Waals surface area contributed by atoms with Crippen molar-refractivity contribution in [3.05, 3.63) is 33.8 Å². The second-order valence-corrected chi connectivity index (χ2v) is 4.54. The van der Waals surface area contributed by atoms with Crippen LogP contribution in [-0.4, -0.2) is 24.2 Å². The maximum absolute atomic E-state index is 6.21. The molecule has 1 atom stereocenters. The topological polar surface area (TPSA) is 70.3 Å². The summed E-state index contributed by atoms with van der Waals surface area (Å²) in [7, 11) is 3.08. The van der Waals surface area contributed by atoms with E-state index in [4.69, 9.17) is 15.2 Å². The van der Waals surface area contributed by atoms with Gasteiger partial charge in [-0.3, -0.25) is 0 Å². The van der Waals surface area contributed by atoms with Crippen molar-refractivity contribution >= 4 is 11.3 Å². The standard InChI is InChI=1S/C12H15N3O2S/c1-7-5-18-6-8(7)10(13)11-12(17-3)15-9(16-2)4-14-11/h4-6,10H,13H2,1-3H3. The third-order valence-electron chi connectivity index (χ3n) is 2.67. The molecule has 6 heteroatoms. The molecule has 0 bridgehead atoms. The van der Waals surface area contributed by atoms with Crippen LogP contribution in [0.2, 0.25) is 0 Å². The lowest BCUT2D eigenvalue weighted by Crippen LogP contribution is -2.16. The van der Waals surface area contributed by atoms with Crippen molar-refractivity contribution in [1.82, 2.24) is 9.97 Å². The van der Waals surface area contributed by atoms with Gasteiger partial charge in [0.25, 0.3) is 0 Å². The predicted octanol–water partition coefficient (Wildman–Crippen LogP) is 1.91. The van der Waals surface area contributed by atoms with Gasteiger partial charge in [-0.15, -0.1) is 0 Å². The van der Waals surface area contributed by atoms with Crippen molar-refractivity contribution in [1.29, 1.82) is 0 Å². The Morgan fingerprint density at radius 1 is 1.28 bits per heavy atom. The number of aromatic nitrogens is 2. The van der Waals surface area contributed by atoms with Crippen molar-refractivity contribution in [2.75, 3.05) is 14.2 Å². The summed E-state index contributed by atoms with van der Waals surface area (Å²) in [5.41, 5.74) is 9.01. The largest absolute Gasteiger partial charge is 0.480 e. The minimum absolute atomic E-state index is 0.343. The molecule has 2 aromatic heterocycles. The number of rotatable bonds is 4. The van der Waals surface area contributed by atoms with Gasteiger partial charge in [0, 0.05) is 0 Å². The Labute approximate surface area is 110 Å². The SMILES string of the molecule is COc1cnc(C(N)c2cscc2C)c(OC)n1. The number of hydrogen-bond acceptors (Lipinski definition) is 6. The van der Waals surface area contributed by atoms with Gasteiger partial charge < -0.3 is 15.2 Å². The lowest BCUT2D eigenvalue weighted by molar-refractivity contribution is 0.355. The number of hydrogen-bond donors (Lipinski definition) is 1. The van der Waals surface area contributed by atoms with Gasteiger partial charge in [-0.2, -0.15) is 16.3 Å². The van der Waals surface area contributed by atoms with E-state index in [1.54, 1.807) is 24.6 Å². The first-order valence-corrected chi connectivity index (χ1v) is 6.34. The molecule has 0 radical (unpaired) electrons. The van der Waals surface area contributed by atoms with Crippen LogP contribution in [0.3, 0.4) is 0 Å². The van der Waals surface area contributed by atoms with Gasteiger partial charge in [0.15, 0.2) is 0 Å². The quantitative estimate of drug-likeness (QED) is 0.914. The van der Waals surface area contributed by atoms with Gasteiger partial charge in [0.1, 0.15) is 5.69 Å². The van der Waals surface area contributed by atoms with Crippen LogP contribution in [0.15, 0.2) is 17.0 Å². The van der Waals surface area contributed by atoms with Gasteiger partial charge >= 0.3 is 0 Å². The Balaban J connectivity index is 2.41. The number of nitrogens with two attached hydrogens (primary N) is 1. The molecule has 96 valence electrons. The number of nitrogens with zero attached hydrogens (tertiary/aromatic N) is 2. The van der Waals surface area contributed by atoms with Crippen LogP contribution in [0.25, 0.3) is 0 Å². The van der Waals surface area contributed by atoms with Crippen LogP contribution in [0, 0.1) is 6.92 Å². The molecule has 0 aliphatic carbocycles. The van der Waals surface area contributed by atoms with Crippen molar-refractivity contribution in [2.24, 2.45) is 5.73 Å². The van der Waals surface area contributed by atoms with E-state index in [0.29, 0.717) is 17.5 Å². The number of aryl methyl sites for hydroxylation is 1. The molecule has 2 heterocycles. The molecular formula is C12H15N3O2S. The molecule has 0 spiro atoms. The van der Waals surface area contributed by atoms with E-state index in [1.807, 2.05) is 12.3 Å². The Morgan fingerprint density at radius 3 is 2.61 bits per heavy atom. The van der Waals surface area contributed by atoms with Gasteiger partial charge in [-0.1, -0.05) is 0 Å². The summed E-state index contributed by atoms with van der Waals surface area (Å²) in [6.45, 7) is 2.02. The average molecular weight is 265 g/mol. The zero-order valence-corrected chi connectivity index (χ0v) is 11.3. The van der Waals surface area contributed by atoms with Crippen molar-refractivity contribution in [3.8, 4) is 11.8 Å². The number of ether oxygens (including phenoxy) is 2. The summed E-state index contributed by atoms with van der Waals surface area (Å²) in [5, 5.41) is 4.07. The first-order valence-electron chi connectivity index (χ1n) is 5.40. The van der Waals surface area contributed by atoms with E-state index in [1.165, 1.54) is 7.11 Å². The number of methoxy groups -OCH3 is 2. The van der Waals surface area contributed by atoms with E-state index < -0.39 is 0 Å². The van der Waals surface area contributed by atoms with Gasteiger partial charge in [-0.05, 0) is 28.8 Å². The van der Waals surface area contributed by atoms with Gasteiger partial charge in [0.2, 0.25) is 11.8 Å². The highest BCUT2D eigenvalue weighted by Crippen LogP contribution is 2.29. The zero-order chi connectivity index (χ0) is 13.1. The van der Waals surface area contributed by atoms with E-state index in [2.05, 4.69) is 15.3 Å². The Kier molecular flexibility index (Phi) is 3.78. The van der Waals surface area contributed by atoms with Crippen LogP contribution in [0.5, 0.6) is 11.8 Å². The minimum atomic E-state index is -0.343. The maximum atomic E-state index is 6.21. The van der Waals surface area contributed by atoms with Crippen LogP contribution < -0.4 is 15.2 Å². The van der Waals surface area contributed by atoms with Crippen molar-refractivity contribution in [3.63, 3.8) is 0 Å². The maximum Gasteiger partial charge on any atom is 0.240 e. The van der Waals surface area contributed by atoms with E-state index >= 15 is 0 Å². The first kappa shape index (κ1) is 12.8. The molecule has 0 saturated heterocycles. The normalized spacial score (nSPS) is 12.2. The Bertz CT molecular complexity index is 542. The van der Waals surface area contributed by atoms with E-state index in [9.17, 15) is 0 Å². The molecule has 0 fully saturated rings. The highest BCUT2D eigenvalue weighted by molar-refractivity contribution is 7.08. The third kappa shape index (κ3) is 2.30. The molecule has 2 rings (SSSR count). The molecule has 18 heavy (non-hydrogen) atoms. The second-order valence-electron chi connectivity index (χ2n) is 3.79. The fraction of sp³-hybridized carbons (Fsp3) is 0.333. The molecule has 1 unspecified atom stereocenters. The lowest BCUT2D eigenvalue weighted by atomic mass is 10.0. The molecule has 0 amide bonds. The van der Waals surface area contributed by atoms with Crippen molar-refractivity contribution in [2.45, 2.75) is 13.0 Å².